The predicted molar refractivity (Wildman–Crippen MR) is 113 cm³/mol. The number of benzene rings is 1. The lowest BCUT2D eigenvalue weighted by atomic mass is 9.99. The zero-order chi connectivity index (χ0) is 21.1. The minimum atomic E-state index is -0.613. The Labute approximate surface area is 181 Å². The Balaban J connectivity index is 1.87. The number of hydrogen-bond acceptors (Lipinski definition) is 6. The largest absolute Gasteiger partial charge is 0.469 e. The highest BCUT2D eigenvalue weighted by molar-refractivity contribution is 7.17. The Morgan fingerprint density at radius 2 is 1.97 bits per heavy atom. The van der Waals surface area contributed by atoms with Crippen molar-refractivity contribution >= 4 is 63.5 Å². The van der Waals surface area contributed by atoms with Gasteiger partial charge in [-0.3, -0.25) is 9.59 Å². The zero-order valence-corrected chi connectivity index (χ0v) is 17.9. The van der Waals surface area contributed by atoms with E-state index < -0.39 is 23.8 Å². The highest BCUT2D eigenvalue weighted by atomic mass is 35.5. The van der Waals surface area contributed by atoms with Crippen molar-refractivity contribution in [3.63, 3.8) is 0 Å². The second-order valence-electron chi connectivity index (χ2n) is 6.24. The zero-order valence-electron chi connectivity index (χ0n) is 15.6. The summed E-state index contributed by atoms with van der Waals surface area (Å²) in [5.74, 6) is -2.02. The van der Waals surface area contributed by atoms with E-state index in [9.17, 15) is 14.4 Å². The molecule has 6 nitrogen and oxygen atoms in total. The lowest BCUT2D eigenvalue weighted by molar-refractivity contribution is -0.142. The van der Waals surface area contributed by atoms with Gasteiger partial charge in [0.1, 0.15) is 5.00 Å². The number of ether oxygens (including phenoxy) is 2. The van der Waals surface area contributed by atoms with Crippen molar-refractivity contribution < 1.29 is 23.9 Å². The second kappa shape index (κ2) is 8.98. The fraction of sp³-hybridized carbons (Fsp3) is 0.250. The number of carbonyl (C=O) groups is 3. The molecule has 1 N–H and O–H groups in total. The number of fused-ring (bicyclic) bond motifs is 1. The molecule has 1 aliphatic rings. The van der Waals surface area contributed by atoms with Gasteiger partial charge in [-0.15, -0.1) is 11.3 Å². The summed E-state index contributed by atoms with van der Waals surface area (Å²) in [6.07, 6.45) is 4.03. The molecule has 1 heterocycles. The maximum Gasteiger partial charge on any atom is 0.341 e. The molecule has 0 unspecified atom stereocenters. The molecule has 3 rings (SSSR count). The van der Waals surface area contributed by atoms with E-state index in [0.717, 1.165) is 4.88 Å². The van der Waals surface area contributed by atoms with E-state index in [1.807, 2.05) is 0 Å². The molecule has 1 aromatic carbocycles. The van der Waals surface area contributed by atoms with Gasteiger partial charge in [0.25, 0.3) is 0 Å². The SMILES string of the molecule is COC(=O)c1c(NC(=O)/C=C/c2ccc(Cl)cc2Cl)sc2c1[C@H](C(=O)OC)CC2. The van der Waals surface area contributed by atoms with E-state index in [0.29, 0.717) is 39.0 Å². The number of thiophene rings is 1. The number of nitrogens with one attached hydrogen (secondary N) is 1. The molecule has 1 aliphatic carbocycles. The fourth-order valence-corrected chi connectivity index (χ4v) is 4.93. The highest BCUT2D eigenvalue weighted by Gasteiger charge is 2.38. The van der Waals surface area contributed by atoms with Gasteiger partial charge in [-0.05, 0) is 42.2 Å². The van der Waals surface area contributed by atoms with Crippen LogP contribution in [-0.4, -0.2) is 32.1 Å². The quantitative estimate of drug-likeness (QED) is 0.524. The topological polar surface area (TPSA) is 81.7 Å². The molecular formula is C20H17Cl2NO5S. The molecule has 1 atom stereocenters. The third kappa shape index (κ3) is 4.47. The lowest BCUT2D eigenvalue weighted by Crippen LogP contribution is -2.16. The number of anilines is 1. The summed E-state index contributed by atoms with van der Waals surface area (Å²) in [5.41, 5.74) is 1.40. The summed E-state index contributed by atoms with van der Waals surface area (Å²) in [5, 5.41) is 3.95. The monoisotopic (exact) mass is 453 g/mol. The number of halogens is 2. The maximum absolute atomic E-state index is 12.4. The lowest BCUT2D eigenvalue weighted by Gasteiger charge is -2.11. The number of methoxy groups -OCH3 is 2. The van der Waals surface area contributed by atoms with Crippen molar-refractivity contribution in [2.75, 3.05) is 19.5 Å². The Hall–Kier alpha value is -2.35. The molecule has 152 valence electrons. The van der Waals surface area contributed by atoms with E-state index in [-0.39, 0.29) is 5.56 Å². The average molecular weight is 454 g/mol. The van der Waals surface area contributed by atoms with Gasteiger partial charge in [-0.2, -0.15) is 0 Å². The molecule has 1 aromatic heterocycles. The summed E-state index contributed by atoms with van der Waals surface area (Å²) in [7, 11) is 2.56. The van der Waals surface area contributed by atoms with Crippen molar-refractivity contribution in [2.45, 2.75) is 18.8 Å². The Bertz CT molecular complexity index is 1010. The minimum Gasteiger partial charge on any atom is -0.469 e. The molecule has 0 saturated heterocycles. The van der Waals surface area contributed by atoms with Crippen LogP contribution in [0.4, 0.5) is 5.00 Å². The van der Waals surface area contributed by atoms with Gasteiger partial charge in [-0.25, -0.2) is 4.79 Å². The molecule has 0 fully saturated rings. The molecule has 2 aromatic rings. The van der Waals surface area contributed by atoms with Crippen LogP contribution in [0.15, 0.2) is 24.3 Å². The Morgan fingerprint density at radius 3 is 2.62 bits per heavy atom. The molecule has 0 bridgehead atoms. The van der Waals surface area contributed by atoms with Crippen LogP contribution >= 0.6 is 34.5 Å². The van der Waals surface area contributed by atoms with E-state index in [1.54, 1.807) is 24.3 Å². The summed E-state index contributed by atoms with van der Waals surface area (Å²) in [6, 6.07) is 4.93. The van der Waals surface area contributed by atoms with E-state index in [2.05, 4.69) is 5.32 Å². The summed E-state index contributed by atoms with van der Waals surface area (Å²) in [4.78, 5) is 37.8. The van der Waals surface area contributed by atoms with Crippen LogP contribution in [0.3, 0.4) is 0 Å². The van der Waals surface area contributed by atoms with Crippen LogP contribution in [0.2, 0.25) is 10.0 Å². The molecule has 9 heteroatoms. The average Bonchev–Trinajstić information content (AvgIpc) is 3.24. The third-order valence-electron chi connectivity index (χ3n) is 4.52. The maximum atomic E-state index is 12.4. The number of esters is 2. The molecule has 0 saturated carbocycles. The number of rotatable bonds is 5. The van der Waals surface area contributed by atoms with E-state index in [4.69, 9.17) is 32.7 Å². The van der Waals surface area contributed by atoms with Crippen molar-refractivity contribution in [2.24, 2.45) is 0 Å². The van der Waals surface area contributed by atoms with Crippen molar-refractivity contribution in [1.82, 2.24) is 0 Å². The summed E-state index contributed by atoms with van der Waals surface area (Å²) in [6.45, 7) is 0. The standard InChI is InChI=1S/C20H17Cl2NO5S/c1-27-19(25)12-6-7-14-16(12)17(20(26)28-2)18(29-14)23-15(24)8-4-10-3-5-11(21)9-13(10)22/h3-5,8-9,12H,6-7H2,1-2H3,(H,23,24)/b8-4+/t12-/m1/s1. The number of amides is 1. The number of hydrogen-bond donors (Lipinski definition) is 1. The normalized spacial score (nSPS) is 15.2. The van der Waals surface area contributed by atoms with E-state index in [1.165, 1.54) is 31.6 Å². The van der Waals surface area contributed by atoms with Gasteiger partial charge in [0, 0.05) is 21.0 Å². The number of carbonyl (C=O) groups excluding carboxylic acids is 3. The van der Waals surface area contributed by atoms with Gasteiger partial charge >= 0.3 is 11.9 Å². The second-order valence-corrected chi connectivity index (χ2v) is 8.19. The van der Waals surface area contributed by atoms with Gasteiger partial charge in [0.2, 0.25) is 5.91 Å². The van der Waals surface area contributed by atoms with Gasteiger partial charge < -0.3 is 14.8 Å². The smallest absolute Gasteiger partial charge is 0.341 e. The van der Waals surface area contributed by atoms with Gasteiger partial charge in [0.05, 0.1) is 25.7 Å². The van der Waals surface area contributed by atoms with Gasteiger partial charge in [0.15, 0.2) is 0 Å². The molecular weight excluding hydrogens is 437 g/mol. The molecule has 29 heavy (non-hydrogen) atoms. The van der Waals surface area contributed by atoms with E-state index >= 15 is 0 Å². The van der Waals surface area contributed by atoms with Crippen LogP contribution in [0, 0.1) is 0 Å². The molecule has 0 spiro atoms. The van der Waals surface area contributed by atoms with Crippen LogP contribution in [-0.2, 0) is 25.5 Å². The molecule has 0 radical (unpaired) electrons. The van der Waals surface area contributed by atoms with Crippen LogP contribution in [0.1, 0.15) is 38.7 Å². The summed E-state index contributed by atoms with van der Waals surface area (Å²) < 4.78 is 9.73. The van der Waals surface area contributed by atoms with Gasteiger partial charge in [-0.1, -0.05) is 29.3 Å². The summed E-state index contributed by atoms with van der Waals surface area (Å²) >= 11 is 13.2. The van der Waals surface area contributed by atoms with Crippen LogP contribution in [0.25, 0.3) is 6.08 Å². The third-order valence-corrected chi connectivity index (χ3v) is 6.26. The first-order valence-electron chi connectivity index (χ1n) is 8.61. The van der Waals surface area contributed by atoms with Crippen molar-refractivity contribution in [1.29, 1.82) is 0 Å². The Morgan fingerprint density at radius 1 is 1.21 bits per heavy atom. The number of aryl methyl sites for hydroxylation is 1. The van der Waals surface area contributed by atoms with Crippen molar-refractivity contribution in [3.8, 4) is 0 Å². The highest BCUT2D eigenvalue weighted by Crippen LogP contribution is 2.45. The first-order valence-corrected chi connectivity index (χ1v) is 10.2. The molecule has 0 aliphatic heterocycles. The predicted octanol–water partition coefficient (Wildman–Crippen LogP) is 4.70. The van der Waals surface area contributed by atoms with Crippen molar-refractivity contribution in [3.05, 3.63) is 55.9 Å². The first kappa shape index (κ1) is 21.4. The van der Waals surface area contributed by atoms with Crippen LogP contribution in [0.5, 0.6) is 0 Å². The molecule has 1 amide bonds. The minimum absolute atomic E-state index is 0.201. The Kier molecular flexibility index (Phi) is 6.62. The van der Waals surface area contributed by atoms with Crippen LogP contribution < -0.4 is 5.32 Å². The fourth-order valence-electron chi connectivity index (χ4n) is 3.19. The first-order chi connectivity index (χ1) is 13.8.